The molecule has 0 heterocycles. The molecule has 0 aromatic heterocycles. The van der Waals surface area contributed by atoms with Gasteiger partial charge in [-0.2, -0.15) is 5.26 Å². The molecule has 0 spiro atoms. The summed E-state index contributed by atoms with van der Waals surface area (Å²) in [5.41, 5.74) is 0.960. The predicted molar refractivity (Wildman–Crippen MR) is 106 cm³/mol. The van der Waals surface area contributed by atoms with E-state index in [0.717, 1.165) is 50.5 Å². The van der Waals surface area contributed by atoms with Crippen LogP contribution < -0.4 is 0 Å². The first-order valence-electron chi connectivity index (χ1n) is 11.0. The maximum Gasteiger partial charge on any atom is 0.251 e. The number of alkyl halides is 2. The average molecular weight is 392 g/mol. The fourth-order valence-corrected chi connectivity index (χ4v) is 5.41. The number of halogens is 3. The Hall–Kier alpha value is -1.50. The number of nitrogens with zero attached hydrogens (tertiary/aromatic N) is 1. The molecular formula is C24H32F3N. The van der Waals surface area contributed by atoms with Crippen LogP contribution >= 0.6 is 0 Å². The van der Waals surface area contributed by atoms with Crippen molar-refractivity contribution < 1.29 is 13.2 Å². The molecule has 2 aliphatic carbocycles. The van der Waals surface area contributed by atoms with Gasteiger partial charge in [0.05, 0.1) is 5.56 Å². The summed E-state index contributed by atoms with van der Waals surface area (Å²) in [5, 5.41) is 8.85. The summed E-state index contributed by atoms with van der Waals surface area (Å²) in [6, 6.07) is 6.63. The lowest BCUT2D eigenvalue weighted by molar-refractivity contribution is -0.0955. The molecule has 0 unspecified atom stereocenters. The van der Waals surface area contributed by atoms with Crippen molar-refractivity contribution in [1.29, 1.82) is 5.26 Å². The summed E-state index contributed by atoms with van der Waals surface area (Å²) < 4.78 is 43.6. The molecule has 1 aromatic carbocycles. The van der Waals surface area contributed by atoms with E-state index in [0.29, 0.717) is 18.8 Å². The Morgan fingerprint density at radius 2 is 1.64 bits per heavy atom. The molecule has 0 bridgehead atoms. The van der Waals surface area contributed by atoms with Crippen LogP contribution in [0.1, 0.15) is 94.6 Å². The molecule has 1 nitrogen and oxygen atoms in total. The lowest BCUT2D eigenvalue weighted by atomic mass is 9.72. The highest BCUT2D eigenvalue weighted by molar-refractivity contribution is 5.34. The van der Waals surface area contributed by atoms with Crippen LogP contribution in [0.15, 0.2) is 18.2 Å². The SMILES string of the molecule is CCCC1CCC(C(F)(F)CC2CCC(c3ccc(C#N)c(F)c3)CC2)CC1. The first kappa shape index (κ1) is 21.2. The highest BCUT2D eigenvalue weighted by Crippen LogP contribution is 2.46. The minimum Gasteiger partial charge on any atom is -0.207 e. The molecule has 2 fully saturated rings. The lowest BCUT2D eigenvalue weighted by Gasteiger charge is -2.37. The molecule has 2 saturated carbocycles. The van der Waals surface area contributed by atoms with Crippen molar-refractivity contribution in [3.8, 4) is 6.07 Å². The summed E-state index contributed by atoms with van der Waals surface area (Å²) in [6.45, 7) is 2.17. The highest BCUT2D eigenvalue weighted by Gasteiger charge is 2.43. The van der Waals surface area contributed by atoms with Crippen molar-refractivity contribution in [1.82, 2.24) is 0 Å². The van der Waals surface area contributed by atoms with E-state index >= 15 is 0 Å². The standard InChI is InChI=1S/C24H32F3N/c1-2-3-17-6-12-22(13-7-17)24(26,27)15-18-4-8-19(9-5-18)20-10-11-21(16-28)23(25)14-20/h10-11,14,17-19,22H,2-9,12-13,15H2,1H3. The van der Waals surface area contributed by atoms with Gasteiger partial charge in [0.1, 0.15) is 11.9 Å². The fourth-order valence-electron chi connectivity index (χ4n) is 5.41. The van der Waals surface area contributed by atoms with Gasteiger partial charge in [-0.3, -0.25) is 0 Å². The molecule has 0 amide bonds. The summed E-state index contributed by atoms with van der Waals surface area (Å²) >= 11 is 0. The zero-order valence-electron chi connectivity index (χ0n) is 16.9. The van der Waals surface area contributed by atoms with Gasteiger partial charge in [0.15, 0.2) is 0 Å². The largest absolute Gasteiger partial charge is 0.251 e. The number of hydrogen-bond donors (Lipinski definition) is 0. The maximum absolute atomic E-state index is 14.9. The summed E-state index contributed by atoms with van der Waals surface area (Å²) in [7, 11) is 0. The van der Waals surface area contributed by atoms with Gasteiger partial charge < -0.3 is 0 Å². The monoisotopic (exact) mass is 391 g/mol. The molecule has 1 aromatic rings. The lowest BCUT2D eigenvalue weighted by Crippen LogP contribution is -2.34. The van der Waals surface area contributed by atoms with Gasteiger partial charge in [-0.05, 0) is 86.8 Å². The van der Waals surface area contributed by atoms with Crippen LogP contribution in [0.25, 0.3) is 0 Å². The molecular weight excluding hydrogens is 359 g/mol. The van der Waals surface area contributed by atoms with Crippen molar-refractivity contribution in [2.24, 2.45) is 17.8 Å². The second-order valence-electron chi connectivity index (χ2n) is 9.04. The third-order valence-corrected chi connectivity index (χ3v) is 7.13. The van der Waals surface area contributed by atoms with E-state index in [1.165, 1.54) is 18.6 Å². The van der Waals surface area contributed by atoms with Gasteiger partial charge in [0.2, 0.25) is 0 Å². The number of nitriles is 1. The van der Waals surface area contributed by atoms with Gasteiger partial charge in [-0.25, -0.2) is 13.2 Å². The van der Waals surface area contributed by atoms with Gasteiger partial charge in [-0.1, -0.05) is 25.8 Å². The van der Waals surface area contributed by atoms with Crippen LogP contribution in [-0.2, 0) is 0 Å². The first-order chi connectivity index (χ1) is 13.4. The second-order valence-corrected chi connectivity index (χ2v) is 9.04. The molecule has 0 atom stereocenters. The van der Waals surface area contributed by atoms with E-state index in [1.807, 2.05) is 12.1 Å². The first-order valence-corrected chi connectivity index (χ1v) is 11.0. The highest BCUT2D eigenvalue weighted by atomic mass is 19.3. The zero-order valence-corrected chi connectivity index (χ0v) is 16.9. The molecule has 28 heavy (non-hydrogen) atoms. The Kier molecular flexibility index (Phi) is 7.07. The van der Waals surface area contributed by atoms with E-state index in [-0.39, 0.29) is 23.8 Å². The Morgan fingerprint density at radius 1 is 1.00 bits per heavy atom. The Balaban J connectivity index is 1.50. The van der Waals surface area contributed by atoms with Crippen LogP contribution in [0.5, 0.6) is 0 Å². The number of hydrogen-bond acceptors (Lipinski definition) is 1. The second kappa shape index (κ2) is 9.33. The molecule has 154 valence electrons. The van der Waals surface area contributed by atoms with Gasteiger partial charge >= 0.3 is 0 Å². The number of rotatable bonds is 6. The fraction of sp³-hybridized carbons (Fsp3) is 0.708. The summed E-state index contributed by atoms with van der Waals surface area (Å²) in [5.74, 6) is -2.52. The average Bonchev–Trinajstić information content (AvgIpc) is 2.69. The van der Waals surface area contributed by atoms with Crippen molar-refractivity contribution in [3.05, 3.63) is 35.1 Å². The van der Waals surface area contributed by atoms with E-state index in [2.05, 4.69) is 6.92 Å². The van der Waals surface area contributed by atoms with Crippen LogP contribution in [0.2, 0.25) is 0 Å². The van der Waals surface area contributed by atoms with Crippen LogP contribution in [0, 0.1) is 34.9 Å². The van der Waals surface area contributed by atoms with E-state index in [1.54, 1.807) is 0 Å². The van der Waals surface area contributed by atoms with Crippen LogP contribution in [-0.4, -0.2) is 5.92 Å². The van der Waals surface area contributed by atoms with Gasteiger partial charge in [0.25, 0.3) is 5.92 Å². The Bertz CT molecular complexity index is 678. The third-order valence-electron chi connectivity index (χ3n) is 7.13. The molecule has 3 rings (SSSR count). The molecule has 2 aliphatic rings. The minimum atomic E-state index is -2.55. The molecule has 0 aliphatic heterocycles. The summed E-state index contributed by atoms with van der Waals surface area (Å²) in [6.07, 6.45) is 8.86. The predicted octanol–water partition coefficient (Wildman–Crippen LogP) is 7.60. The maximum atomic E-state index is 14.9. The third kappa shape index (κ3) is 5.10. The van der Waals surface area contributed by atoms with Crippen LogP contribution in [0.4, 0.5) is 13.2 Å². The van der Waals surface area contributed by atoms with Crippen molar-refractivity contribution in [2.45, 2.75) is 89.4 Å². The van der Waals surface area contributed by atoms with Crippen molar-refractivity contribution in [2.75, 3.05) is 0 Å². The van der Waals surface area contributed by atoms with Crippen LogP contribution in [0.3, 0.4) is 0 Å². The topological polar surface area (TPSA) is 23.8 Å². The normalized spacial score (nSPS) is 28.7. The van der Waals surface area contributed by atoms with Gasteiger partial charge in [0, 0.05) is 12.3 Å². The van der Waals surface area contributed by atoms with Crippen molar-refractivity contribution >= 4 is 0 Å². The molecule has 0 radical (unpaired) electrons. The molecule has 0 saturated heterocycles. The van der Waals surface area contributed by atoms with E-state index in [9.17, 15) is 13.2 Å². The van der Waals surface area contributed by atoms with E-state index in [4.69, 9.17) is 5.26 Å². The number of benzene rings is 1. The summed E-state index contributed by atoms with van der Waals surface area (Å²) in [4.78, 5) is 0. The Morgan fingerprint density at radius 3 is 2.21 bits per heavy atom. The van der Waals surface area contributed by atoms with Crippen molar-refractivity contribution in [3.63, 3.8) is 0 Å². The smallest absolute Gasteiger partial charge is 0.207 e. The van der Waals surface area contributed by atoms with E-state index < -0.39 is 17.7 Å². The minimum absolute atomic E-state index is 0.0184. The quantitative estimate of drug-likeness (QED) is 0.490. The van der Waals surface area contributed by atoms with Gasteiger partial charge in [-0.15, -0.1) is 0 Å². The Labute approximate surface area is 167 Å². The molecule has 0 N–H and O–H groups in total. The zero-order chi connectivity index (χ0) is 20.1. The molecule has 4 heteroatoms.